The Morgan fingerprint density at radius 1 is 1.30 bits per heavy atom. The minimum absolute atomic E-state index is 0.00745. The van der Waals surface area contributed by atoms with Crippen molar-refractivity contribution in [3.05, 3.63) is 0 Å². The van der Waals surface area contributed by atoms with E-state index in [2.05, 4.69) is 5.32 Å². The summed E-state index contributed by atoms with van der Waals surface area (Å²) in [5.41, 5.74) is 0. The number of hydrogen-bond acceptors (Lipinski definition) is 3. The van der Waals surface area contributed by atoms with Crippen LogP contribution in [-0.2, 0) is 9.59 Å². The second-order valence-corrected chi connectivity index (χ2v) is 4.97. The quantitative estimate of drug-likeness (QED) is 0.763. The third-order valence-electron chi connectivity index (χ3n) is 3.47. The largest absolute Gasteiger partial charge is 0.480 e. The van der Waals surface area contributed by atoms with E-state index >= 15 is 0 Å². The van der Waals surface area contributed by atoms with Gasteiger partial charge in [0.1, 0.15) is 6.54 Å². The van der Waals surface area contributed by atoms with E-state index in [-0.39, 0.29) is 24.4 Å². The maximum absolute atomic E-state index is 12.3. The van der Waals surface area contributed by atoms with Crippen molar-refractivity contribution < 1.29 is 19.5 Å². The van der Waals surface area contributed by atoms with Crippen molar-refractivity contribution in [2.24, 2.45) is 5.92 Å². The lowest BCUT2D eigenvalue weighted by atomic mass is 9.96. The van der Waals surface area contributed by atoms with E-state index in [1.165, 1.54) is 4.90 Å². The van der Waals surface area contributed by atoms with Crippen LogP contribution in [0.15, 0.2) is 0 Å². The van der Waals surface area contributed by atoms with Gasteiger partial charge in [-0.05, 0) is 19.3 Å². The number of carbonyl (C=O) groups excluding carboxylic acids is 2. The molecule has 0 aliphatic carbocycles. The summed E-state index contributed by atoms with van der Waals surface area (Å²) >= 11 is 0. The van der Waals surface area contributed by atoms with Crippen LogP contribution in [0.2, 0.25) is 0 Å². The molecule has 0 aromatic heterocycles. The summed E-state index contributed by atoms with van der Waals surface area (Å²) in [6, 6.07) is -0.246. The van der Waals surface area contributed by atoms with Gasteiger partial charge in [-0.25, -0.2) is 4.79 Å². The average molecular weight is 285 g/mol. The van der Waals surface area contributed by atoms with Crippen molar-refractivity contribution in [2.75, 3.05) is 33.2 Å². The summed E-state index contributed by atoms with van der Waals surface area (Å²) in [7, 11) is 1.61. The summed E-state index contributed by atoms with van der Waals surface area (Å²) in [6.07, 6.45) is 1.96. The standard InChI is InChI=1S/C13H23N3O4/c1-3-6-16(9-11(17)18)13(20)15-7-4-10(5-8-15)12(19)14-2/h10H,3-9H2,1-2H3,(H,14,19)(H,17,18). The first-order valence-corrected chi connectivity index (χ1v) is 6.96. The van der Waals surface area contributed by atoms with Crippen LogP contribution in [0.1, 0.15) is 26.2 Å². The van der Waals surface area contributed by atoms with Crippen LogP contribution in [0.4, 0.5) is 4.79 Å². The molecule has 0 atom stereocenters. The van der Waals surface area contributed by atoms with E-state index in [1.54, 1.807) is 11.9 Å². The summed E-state index contributed by atoms with van der Waals surface area (Å²) in [5, 5.41) is 11.5. The van der Waals surface area contributed by atoms with E-state index in [0.29, 0.717) is 38.9 Å². The van der Waals surface area contributed by atoms with Crippen LogP contribution >= 0.6 is 0 Å². The lowest BCUT2D eigenvalue weighted by Gasteiger charge is -2.34. The van der Waals surface area contributed by atoms with Gasteiger partial charge in [0.05, 0.1) is 0 Å². The van der Waals surface area contributed by atoms with Gasteiger partial charge in [0, 0.05) is 32.6 Å². The van der Waals surface area contributed by atoms with Crippen molar-refractivity contribution >= 4 is 17.9 Å². The predicted molar refractivity (Wildman–Crippen MR) is 73.3 cm³/mol. The molecule has 0 saturated carbocycles. The number of likely N-dealkylation sites (tertiary alicyclic amines) is 1. The van der Waals surface area contributed by atoms with E-state index < -0.39 is 5.97 Å². The molecule has 1 aliphatic heterocycles. The molecule has 1 rings (SSSR count). The molecule has 3 amide bonds. The number of urea groups is 1. The highest BCUT2D eigenvalue weighted by molar-refractivity contribution is 5.81. The van der Waals surface area contributed by atoms with Crippen molar-refractivity contribution in [3.8, 4) is 0 Å². The van der Waals surface area contributed by atoms with Crippen molar-refractivity contribution in [2.45, 2.75) is 26.2 Å². The van der Waals surface area contributed by atoms with Crippen LogP contribution < -0.4 is 5.32 Å². The lowest BCUT2D eigenvalue weighted by Crippen LogP contribution is -2.49. The Bertz CT molecular complexity index is 365. The van der Waals surface area contributed by atoms with Gasteiger partial charge in [-0.15, -0.1) is 0 Å². The molecule has 1 fully saturated rings. The highest BCUT2D eigenvalue weighted by atomic mass is 16.4. The molecule has 1 heterocycles. The summed E-state index contributed by atoms with van der Waals surface area (Å²) in [5.74, 6) is -1.05. The molecule has 0 radical (unpaired) electrons. The fraction of sp³-hybridized carbons (Fsp3) is 0.769. The van der Waals surface area contributed by atoms with Gasteiger partial charge in [0.15, 0.2) is 0 Å². The molecule has 114 valence electrons. The molecule has 7 nitrogen and oxygen atoms in total. The number of amides is 3. The molecule has 2 N–H and O–H groups in total. The number of nitrogens with one attached hydrogen (secondary N) is 1. The fourth-order valence-corrected chi connectivity index (χ4v) is 2.41. The number of nitrogens with zero attached hydrogens (tertiary/aromatic N) is 2. The van der Waals surface area contributed by atoms with Crippen LogP contribution in [0, 0.1) is 5.92 Å². The number of carboxylic acid groups (broad SMARTS) is 1. The van der Waals surface area contributed by atoms with Crippen molar-refractivity contribution in [1.82, 2.24) is 15.1 Å². The van der Waals surface area contributed by atoms with Crippen LogP contribution in [0.25, 0.3) is 0 Å². The molecule has 0 bridgehead atoms. The van der Waals surface area contributed by atoms with Gasteiger partial charge in [0.25, 0.3) is 0 Å². The van der Waals surface area contributed by atoms with Gasteiger partial charge < -0.3 is 20.2 Å². The Labute approximate surface area is 118 Å². The van der Waals surface area contributed by atoms with Crippen molar-refractivity contribution in [1.29, 1.82) is 0 Å². The van der Waals surface area contributed by atoms with E-state index in [1.807, 2.05) is 6.92 Å². The molecule has 0 unspecified atom stereocenters. The van der Waals surface area contributed by atoms with Crippen LogP contribution in [0.3, 0.4) is 0 Å². The first-order valence-electron chi connectivity index (χ1n) is 6.96. The maximum atomic E-state index is 12.3. The highest BCUT2D eigenvalue weighted by Crippen LogP contribution is 2.18. The minimum atomic E-state index is -1.01. The third kappa shape index (κ3) is 4.40. The highest BCUT2D eigenvalue weighted by Gasteiger charge is 2.29. The summed E-state index contributed by atoms with van der Waals surface area (Å²) < 4.78 is 0. The van der Waals surface area contributed by atoms with Crippen LogP contribution in [-0.4, -0.2) is 66.0 Å². The van der Waals surface area contributed by atoms with E-state index in [9.17, 15) is 14.4 Å². The fourth-order valence-electron chi connectivity index (χ4n) is 2.41. The monoisotopic (exact) mass is 285 g/mol. The molecule has 1 saturated heterocycles. The minimum Gasteiger partial charge on any atom is -0.480 e. The SMILES string of the molecule is CCCN(CC(=O)O)C(=O)N1CCC(C(=O)NC)CC1. The molecule has 0 spiro atoms. The van der Waals surface area contributed by atoms with E-state index in [4.69, 9.17) is 5.11 Å². The Hall–Kier alpha value is -1.79. The number of carbonyl (C=O) groups is 3. The first-order chi connectivity index (χ1) is 9.49. The summed E-state index contributed by atoms with van der Waals surface area (Å²) in [6.45, 7) is 3.05. The van der Waals surface area contributed by atoms with Crippen LogP contribution in [0.5, 0.6) is 0 Å². The zero-order valence-corrected chi connectivity index (χ0v) is 12.1. The second kappa shape index (κ2) is 7.72. The smallest absolute Gasteiger partial charge is 0.323 e. The predicted octanol–water partition coefficient (Wildman–Crippen LogP) is 0.361. The number of aliphatic carboxylic acids is 1. The number of piperidine rings is 1. The lowest BCUT2D eigenvalue weighted by molar-refractivity contribution is -0.137. The van der Waals surface area contributed by atoms with Gasteiger partial charge in [-0.3, -0.25) is 9.59 Å². The zero-order valence-electron chi connectivity index (χ0n) is 12.1. The third-order valence-corrected chi connectivity index (χ3v) is 3.47. The molecule has 20 heavy (non-hydrogen) atoms. The molecular weight excluding hydrogens is 262 g/mol. The average Bonchev–Trinajstić information content (AvgIpc) is 2.45. The Balaban J connectivity index is 2.55. The Morgan fingerprint density at radius 3 is 2.35 bits per heavy atom. The Kier molecular flexibility index (Phi) is 6.27. The maximum Gasteiger partial charge on any atom is 0.323 e. The molecule has 7 heteroatoms. The normalized spacial score (nSPS) is 15.8. The molecule has 0 aromatic rings. The summed E-state index contributed by atoms with van der Waals surface area (Å²) in [4.78, 5) is 37.6. The van der Waals surface area contributed by atoms with Crippen molar-refractivity contribution in [3.63, 3.8) is 0 Å². The van der Waals surface area contributed by atoms with E-state index in [0.717, 1.165) is 0 Å². The van der Waals surface area contributed by atoms with Gasteiger partial charge in [-0.1, -0.05) is 6.92 Å². The number of carboxylic acids is 1. The molecule has 1 aliphatic rings. The molecule has 0 aromatic carbocycles. The first kappa shape index (κ1) is 16.3. The number of rotatable bonds is 5. The molecular formula is C13H23N3O4. The van der Waals surface area contributed by atoms with Gasteiger partial charge >= 0.3 is 12.0 Å². The topological polar surface area (TPSA) is 90.0 Å². The van der Waals surface area contributed by atoms with Gasteiger partial charge in [0.2, 0.25) is 5.91 Å². The second-order valence-electron chi connectivity index (χ2n) is 4.97. The number of hydrogen-bond donors (Lipinski definition) is 2. The van der Waals surface area contributed by atoms with Gasteiger partial charge in [-0.2, -0.15) is 0 Å². The zero-order chi connectivity index (χ0) is 15.1. The Morgan fingerprint density at radius 2 is 1.90 bits per heavy atom.